The molecule has 0 spiro atoms. The summed E-state index contributed by atoms with van der Waals surface area (Å²) in [6.07, 6.45) is 2.72. The summed E-state index contributed by atoms with van der Waals surface area (Å²) >= 11 is 0. The molecule has 11 nitrogen and oxygen atoms in total. The number of imidazole rings is 1. The van der Waals surface area contributed by atoms with Crippen LogP contribution in [0.4, 0.5) is 10.5 Å². The summed E-state index contributed by atoms with van der Waals surface area (Å²) in [6, 6.07) is 10.8. The van der Waals surface area contributed by atoms with Gasteiger partial charge < -0.3 is 19.5 Å². The van der Waals surface area contributed by atoms with Crippen LogP contribution in [0.15, 0.2) is 47.2 Å². The zero-order valence-corrected chi connectivity index (χ0v) is 18.3. The topological polar surface area (TPSA) is 139 Å². The number of nitrogens with zero attached hydrogens (tertiary/aromatic N) is 6. The molecule has 0 unspecified atom stereocenters. The van der Waals surface area contributed by atoms with Crippen LogP contribution in [0, 0.1) is 18.3 Å². The number of rotatable bonds is 4. The molecule has 2 amide bonds. The van der Waals surface area contributed by atoms with Crippen LogP contribution >= 0.6 is 0 Å². The SMILES string of the molecule is COC(=O)N1CC(c2nc(-c3ccc(C)c(NC(=O)c4cnc5cc(C#N)ccn45)c3)no2)C1. The first-order chi connectivity index (χ1) is 16.5. The third kappa shape index (κ3) is 3.71. The number of hydrogen-bond acceptors (Lipinski definition) is 8. The number of anilines is 1. The summed E-state index contributed by atoms with van der Waals surface area (Å²) in [7, 11) is 1.34. The monoisotopic (exact) mass is 457 g/mol. The highest BCUT2D eigenvalue weighted by molar-refractivity contribution is 6.04. The molecule has 5 rings (SSSR count). The number of aromatic nitrogens is 4. The first-order valence-electron chi connectivity index (χ1n) is 10.4. The molecular formula is C23H19N7O4. The molecule has 0 radical (unpaired) electrons. The van der Waals surface area contributed by atoms with Crippen LogP contribution in [0.3, 0.4) is 0 Å². The lowest BCUT2D eigenvalue weighted by Gasteiger charge is -2.35. The molecule has 1 saturated heterocycles. The van der Waals surface area contributed by atoms with Crippen molar-refractivity contribution in [1.29, 1.82) is 5.26 Å². The van der Waals surface area contributed by atoms with Crippen LogP contribution in [0.1, 0.15) is 33.4 Å². The molecule has 11 heteroatoms. The van der Waals surface area contributed by atoms with Crippen LogP contribution in [0.5, 0.6) is 0 Å². The number of amides is 2. The highest BCUT2D eigenvalue weighted by Gasteiger charge is 2.36. The summed E-state index contributed by atoms with van der Waals surface area (Å²) in [5, 5.41) is 16.0. The second kappa shape index (κ2) is 8.32. The fraction of sp³-hybridized carbons (Fsp3) is 0.217. The van der Waals surface area contributed by atoms with E-state index in [1.54, 1.807) is 33.7 Å². The second-order valence-electron chi connectivity index (χ2n) is 7.91. The number of methoxy groups -OCH3 is 1. The molecule has 1 aromatic carbocycles. The Bertz CT molecular complexity index is 1460. The van der Waals surface area contributed by atoms with Gasteiger partial charge in [-0.05, 0) is 30.7 Å². The van der Waals surface area contributed by atoms with E-state index in [2.05, 4.69) is 26.5 Å². The second-order valence-corrected chi connectivity index (χ2v) is 7.91. The van der Waals surface area contributed by atoms with Gasteiger partial charge >= 0.3 is 6.09 Å². The van der Waals surface area contributed by atoms with Gasteiger partial charge in [0.15, 0.2) is 0 Å². The van der Waals surface area contributed by atoms with Crippen molar-refractivity contribution in [3.8, 4) is 17.5 Å². The van der Waals surface area contributed by atoms with Gasteiger partial charge in [0.1, 0.15) is 11.3 Å². The standard InChI is InChI=1S/C23H19N7O4/c1-13-3-4-15(20-27-22(34-28-20)16-11-29(12-16)23(32)33-2)8-17(13)26-21(31)18-10-25-19-7-14(9-24)5-6-30(18)19/h3-8,10,16H,11-12H2,1-2H3,(H,26,31). The van der Waals surface area contributed by atoms with E-state index in [1.165, 1.54) is 13.3 Å². The highest BCUT2D eigenvalue weighted by atomic mass is 16.5. The van der Waals surface area contributed by atoms with Crippen molar-refractivity contribution in [2.75, 3.05) is 25.5 Å². The van der Waals surface area contributed by atoms with Crippen molar-refractivity contribution in [2.24, 2.45) is 0 Å². The zero-order chi connectivity index (χ0) is 23.8. The molecule has 4 aromatic rings. The number of nitriles is 1. The predicted molar refractivity (Wildman–Crippen MR) is 119 cm³/mol. The summed E-state index contributed by atoms with van der Waals surface area (Å²) < 4.78 is 11.7. The van der Waals surface area contributed by atoms with E-state index < -0.39 is 0 Å². The highest BCUT2D eigenvalue weighted by Crippen LogP contribution is 2.29. The fourth-order valence-electron chi connectivity index (χ4n) is 3.73. The molecular weight excluding hydrogens is 438 g/mol. The van der Waals surface area contributed by atoms with Gasteiger partial charge in [-0.1, -0.05) is 17.3 Å². The number of aryl methyl sites for hydroxylation is 1. The van der Waals surface area contributed by atoms with Gasteiger partial charge in [-0.3, -0.25) is 9.20 Å². The number of ether oxygens (including phenoxy) is 1. The van der Waals surface area contributed by atoms with E-state index >= 15 is 0 Å². The first-order valence-corrected chi connectivity index (χ1v) is 10.4. The molecule has 1 N–H and O–H groups in total. The number of nitrogens with one attached hydrogen (secondary N) is 1. The maximum atomic E-state index is 13.0. The molecule has 3 aromatic heterocycles. The summed E-state index contributed by atoms with van der Waals surface area (Å²) in [5.74, 6) is 0.454. The van der Waals surface area contributed by atoms with E-state index in [1.807, 2.05) is 19.1 Å². The number of fused-ring (bicyclic) bond motifs is 1. The minimum atomic E-state index is -0.383. The van der Waals surface area contributed by atoms with Gasteiger partial charge in [0.25, 0.3) is 5.91 Å². The van der Waals surface area contributed by atoms with E-state index in [0.29, 0.717) is 53.0 Å². The molecule has 0 aliphatic carbocycles. The summed E-state index contributed by atoms with van der Waals surface area (Å²) in [4.78, 5) is 34.7. The van der Waals surface area contributed by atoms with Crippen molar-refractivity contribution in [3.05, 3.63) is 65.4 Å². The van der Waals surface area contributed by atoms with Gasteiger partial charge in [0, 0.05) is 30.5 Å². The number of carbonyl (C=O) groups excluding carboxylic acids is 2. The first kappa shape index (κ1) is 21.1. The van der Waals surface area contributed by atoms with Gasteiger partial charge in [-0.25, -0.2) is 9.78 Å². The van der Waals surface area contributed by atoms with Gasteiger partial charge in [-0.2, -0.15) is 10.2 Å². The molecule has 4 heterocycles. The minimum absolute atomic E-state index is 0.0401. The Morgan fingerprint density at radius 2 is 2.09 bits per heavy atom. The number of carbonyl (C=O) groups is 2. The van der Waals surface area contributed by atoms with Crippen LogP contribution in [-0.2, 0) is 4.74 Å². The Kier molecular flexibility index (Phi) is 5.18. The fourth-order valence-corrected chi connectivity index (χ4v) is 3.73. The Hall–Kier alpha value is -4.72. The Morgan fingerprint density at radius 3 is 2.85 bits per heavy atom. The lowest BCUT2D eigenvalue weighted by Crippen LogP contribution is -2.48. The maximum absolute atomic E-state index is 13.0. The van der Waals surface area contributed by atoms with E-state index in [-0.39, 0.29) is 17.9 Å². The predicted octanol–water partition coefficient (Wildman–Crippen LogP) is 2.98. The van der Waals surface area contributed by atoms with Crippen LogP contribution in [-0.4, -0.2) is 56.6 Å². The zero-order valence-electron chi connectivity index (χ0n) is 18.3. The number of pyridine rings is 1. The van der Waals surface area contributed by atoms with Crippen LogP contribution < -0.4 is 5.32 Å². The maximum Gasteiger partial charge on any atom is 0.409 e. The molecule has 0 saturated carbocycles. The van der Waals surface area contributed by atoms with Gasteiger partial charge in [-0.15, -0.1) is 0 Å². The number of likely N-dealkylation sites (tertiary alicyclic amines) is 1. The van der Waals surface area contributed by atoms with Gasteiger partial charge in [0.2, 0.25) is 11.7 Å². The third-order valence-electron chi connectivity index (χ3n) is 5.72. The number of hydrogen-bond donors (Lipinski definition) is 1. The molecule has 34 heavy (non-hydrogen) atoms. The van der Waals surface area contributed by atoms with Crippen LogP contribution in [0.2, 0.25) is 0 Å². The quantitative estimate of drug-likeness (QED) is 0.493. The third-order valence-corrected chi connectivity index (χ3v) is 5.72. The summed E-state index contributed by atoms with van der Waals surface area (Å²) in [6.45, 7) is 2.79. The normalized spacial score (nSPS) is 13.4. The lowest BCUT2D eigenvalue weighted by atomic mass is 10.0. The van der Waals surface area contributed by atoms with Crippen molar-refractivity contribution in [3.63, 3.8) is 0 Å². The van der Waals surface area contributed by atoms with Crippen LogP contribution in [0.25, 0.3) is 17.0 Å². The molecule has 1 aliphatic heterocycles. The number of benzene rings is 1. The van der Waals surface area contributed by atoms with Crippen molar-refractivity contribution in [1.82, 2.24) is 24.4 Å². The summed E-state index contributed by atoms with van der Waals surface area (Å²) in [5.41, 5.74) is 3.44. The molecule has 0 bridgehead atoms. The lowest BCUT2D eigenvalue weighted by molar-refractivity contribution is 0.0804. The minimum Gasteiger partial charge on any atom is -0.453 e. The Balaban J connectivity index is 1.34. The Morgan fingerprint density at radius 1 is 1.26 bits per heavy atom. The molecule has 1 aliphatic rings. The largest absolute Gasteiger partial charge is 0.453 e. The average Bonchev–Trinajstić information content (AvgIpc) is 3.46. The van der Waals surface area contributed by atoms with Crippen molar-refractivity contribution < 1.29 is 18.8 Å². The van der Waals surface area contributed by atoms with E-state index in [4.69, 9.17) is 14.5 Å². The van der Waals surface area contributed by atoms with E-state index in [0.717, 1.165) is 5.56 Å². The molecule has 170 valence electrons. The van der Waals surface area contributed by atoms with Crippen molar-refractivity contribution in [2.45, 2.75) is 12.8 Å². The van der Waals surface area contributed by atoms with E-state index in [9.17, 15) is 9.59 Å². The molecule has 0 atom stereocenters. The van der Waals surface area contributed by atoms with Gasteiger partial charge in [0.05, 0.1) is 30.9 Å². The van der Waals surface area contributed by atoms with Crippen molar-refractivity contribution >= 4 is 23.3 Å². The molecule has 1 fully saturated rings. The average molecular weight is 457 g/mol. The smallest absolute Gasteiger partial charge is 0.409 e. The Labute approximate surface area is 193 Å².